The summed E-state index contributed by atoms with van der Waals surface area (Å²) in [7, 11) is 0. The number of carbonyl (C=O) groups is 2. The van der Waals surface area contributed by atoms with Crippen molar-refractivity contribution in [2.45, 2.75) is 19.4 Å². The summed E-state index contributed by atoms with van der Waals surface area (Å²) >= 11 is 1.38. The third-order valence-electron chi connectivity index (χ3n) is 4.43. The quantitative estimate of drug-likeness (QED) is 0.669. The van der Waals surface area contributed by atoms with Gasteiger partial charge in [0.2, 0.25) is 0 Å². The molecule has 0 bridgehead atoms. The number of anilines is 1. The zero-order valence-corrected chi connectivity index (χ0v) is 14.6. The highest BCUT2D eigenvalue weighted by atomic mass is 32.1. The summed E-state index contributed by atoms with van der Waals surface area (Å²) < 4.78 is 6.31. The average molecular weight is 351 g/mol. The molecule has 4 rings (SSSR count). The maximum atomic E-state index is 12.6. The number of rotatable bonds is 3. The summed E-state index contributed by atoms with van der Waals surface area (Å²) in [6, 6.07) is 17.5. The van der Waals surface area contributed by atoms with Crippen molar-refractivity contribution >= 4 is 39.0 Å². The molecule has 1 aromatic heterocycles. The van der Waals surface area contributed by atoms with Crippen LogP contribution in [0, 0.1) is 0 Å². The Morgan fingerprint density at radius 3 is 2.76 bits per heavy atom. The number of amides is 1. The van der Waals surface area contributed by atoms with Crippen LogP contribution in [0.15, 0.2) is 54.6 Å². The summed E-state index contributed by atoms with van der Waals surface area (Å²) in [6.07, 6.45) is 0.826. The van der Waals surface area contributed by atoms with Gasteiger partial charge in [-0.1, -0.05) is 36.4 Å². The molecule has 5 heteroatoms. The van der Waals surface area contributed by atoms with Crippen molar-refractivity contribution in [1.29, 1.82) is 0 Å². The molecule has 0 unspecified atom stereocenters. The fourth-order valence-electron chi connectivity index (χ4n) is 3.30. The van der Waals surface area contributed by atoms with Crippen molar-refractivity contribution in [3.63, 3.8) is 0 Å². The summed E-state index contributed by atoms with van der Waals surface area (Å²) in [6.45, 7) is 1.76. The summed E-state index contributed by atoms with van der Waals surface area (Å²) in [4.78, 5) is 27.1. The van der Waals surface area contributed by atoms with Crippen LogP contribution in [0.3, 0.4) is 0 Å². The minimum Gasteiger partial charge on any atom is -0.451 e. The van der Waals surface area contributed by atoms with E-state index in [2.05, 4.69) is 0 Å². The molecule has 2 aromatic carbocycles. The highest BCUT2D eigenvalue weighted by Gasteiger charge is 2.31. The van der Waals surface area contributed by atoms with Crippen LogP contribution in [0.4, 0.5) is 5.69 Å². The fourth-order valence-corrected chi connectivity index (χ4v) is 4.25. The first kappa shape index (κ1) is 15.8. The number of hydrogen-bond donors (Lipinski definition) is 0. The highest BCUT2D eigenvalue weighted by molar-refractivity contribution is 7.20. The molecule has 1 aliphatic heterocycles. The monoisotopic (exact) mass is 351 g/mol. The van der Waals surface area contributed by atoms with Gasteiger partial charge in [-0.2, -0.15) is 0 Å². The topological polar surface area (TPSA) is 46.6 Å². The van der Waals surface area contributed by atoms with Crippen LogP contribution in [-0.4, -0.2) is 24.5 Å². The Bertz CT molecular complexity index is 929. The first-order valence-corrected chi connectivity index (χ1v) is 9.01. The van der Waals surface area contributed by atoms with Gasteiger partial charge < -0.3 is 9.64 Å². The molecule has 2 heterocycles. The molecule has 0 fully saturated rings. The third-order valence-corrected chi connectivity index (χ3v) is 5.53. The Labute approximate surface area is 149 Å². The number of fused-ring (bicyclic) bond motifs is 2. The van der Waals surface area contributed by atoms with Crippen LogP contribution in [-0.2, 0) is 16.0 Å². The number of para-hydroxylation sites is 1. The lowest BCUT2D eigenvalue weighted by Crippen LogP contribution is -2.38. The molecule has 1 aliphatic rings. The molecule has 0 radical (unpaired) electrons. The number of esters is 1. The van der Waals surface area contributed by atoms with E-state index in [1.54, 1.807) is 11.0 Å². The van der Waals surface area contributed by atoms with Gasteiger partial charge in [0, 0.05) is 16.4 Å². The van der Waals surface area contributed by atoms with Gasteiger partial charge in [0.15, 0.2) is 6.61 Å². The Morgan fingerprint density at radius 2 is 1.92 bits per heavy atom. The average Bonchev–Trinajstić information content (AvgIpc) is 3.19. The SMILES string of the molecule is C[C@@H]1Cc2ccccc2N1C(=O)COC(=O)c1cc2ccccc2s1. The molecule has 0 N–H and O–H groups in total. The van der Waals surface area contributed by atoms with Crippen molar-refractivity contribution in [2.75, 3.05) is 11.5 Å². The third kappa shape index (κ3) is 2.91. The van der Waals surface area contributed by atoms with Gasteiger partial charge >= 0.3 is 5.97 Å². The van der Waals surface area contributed by atoms with Gasteiger partial charge in [-0.25, -0.2) is 4.79 Å². The van der Waals surface area contributed by atoms with Crippen LogP contribution in [0.5, 0.6) is 0 Å². The van der Waals surface area contributed by atoms with Gasteiger partial charge in [-0.3, -0.25) is 4.79 Å². The van der Waals surface area contributed by atoms with Crippen LogP contribution in [0.2, 0.25) is 0 Å². The van der Waals surface area contributed by atoms with Gasteiger partial charge in [-0.15, -0.1) is 11.3 Å². The first-order valence-electron chi connectivity index (χ1n) is 8.19. The van der Waals surface area contributed by atoms with Crippen LogP contribution in [0.1, 0.15) is 22.2 Å². The van der Waals surface area contributed by atoms with E-state index in [4.69, 9.17) is 4.74 Å². The van der Waals surface area contributed by atoms with Gasteiger partial charge in [0.25, 0.3) is 5.91 Å². The zero-order valence-electron chi connectivity index (χ0n) is 13.8. The second-order valence-corrected chi connectivity index (χ2v) is 7.25. The molecule has 0 spiro atoms. The minimum absolute atomic E-state index is 0.0768. The molecule has 25 heavy (non-hydrogen) atoms. The molecule has 1 amide bonds. The molecular weight excluding hydrogens is 334 g/mol. The Balaban J connectivity index is 1.46. The lowest BCUT2D eigenvalue weighted by atomic mass is 10.1. The van der Waals surface area contributed by atoms with E-state index in [-0.39, 0.29) is 18.6 Å². The highest BCUT2D eigenvalue weighted by Crippen LogP contribution is 2.32. The molecule has 126 valence electrons. The largest absolute Gasteiger partial charge is 0.451 e. The number of benzene rings is 2. The summed E-state index contributed by atoms with van der Waals surface area (Å²) in [5.74, 6) is -0.637. The molecular formula is C20H17NO3S. The first-order chi connectivity index (χ1) is 12.1. The normalized spacial score (nSPS) is 16.0. The lowest BCUT2D eigenvalue weighted by Gasteiger charge is -2.22. The second kappa shape index (κ2) is 6.33. The van der Waals surface area contributed by atoms with Crippen molar-refractivity contribution in [1.82, 2.24) is 0 Å². The molecule has 0 saturated heterocycles. The van der Waals surface area contributed by atoms with Crippen molar-refractivity contribution in [3.05, 3.63) is 65.0 Å². The molecule has 0 aliphatic carbocycles. The van der Waals surface area contributed by atoms with Crippen LogP contribution in [0.25, 0.3) is 10.1 Å². The van der Waals surface area contributed by atoms with Gasteiger partial charge in [-0.05, 0) is 42.5 Å². The molecule has 3 aromatic rings. The van der Waals surface area contributed by atoms with E-state index < -0.39 is 5.97 Å². The number of ether oxygens (including phenoxy) is 1. The number of hydrogen-bond acceptors (Lipinski definition) is 4. The number of carbonyl (C=O) groups excluding carboxylic acids is 2. The minimum atomic E-state index is -0.449. The second-order valence-electron chi connectivity index (χ2n) is 6.17. The maximum absolute atomic E-state index is 12.6. The van der Waals surface area contributed by atoms with Crippen molar-refractivity contribution in [2.24, 2.45) is 0 Å². The van der Waals surface area contributed by atoms with E-state index in [0.717, 1.165) is 27.8 Å². The number of thiophene rings is 1. The van der Waals surface area contributed by atoms with E-state index >= 15 is 0 Å². The predicted octanol–water partition coefficient (Wildman–Crippen LogP) is 4.04. The van der Waals surface area contributed by atoms with Crippen molar-refractivity contribution < 1.29 is 14.3 Å². The predicted molar refractivity (Wildman–Crippen MR) is 99.2 cm³/mol. The van der Waals surface area contributed by atoms with E-state index in [1.165, 1.54) is 11.3 Å². The summed E-state index contributed by atoms with van der Waals surface area (Å²) in [5, 5.41) is 1.01. The van der Waals surface area contributed by atoms with E-state index in [9.17, 15) is 9.59 Å². The Hall–Kier alpha value is -2.66. The van der Waals surface area contributed by atoms with Crippen molar-refractivity contribution in [3.8, 4) is 0 Å². The van der Waals surface area contributed by atoms with Crippen LogP contribution < -0.4 is 4.90 Å². The van der Waals surface area contributed by atoms with E-state index in [1.807, 2.05) is 55.5 Å². The van der Waals surface area contributed by atoms with E-state index in [0.29, 0.717) is 4.88 Å². The standard InChI is InChI=1S/C20H17NO3S/c1-13-10-14-6-2-4-8-16(14)21(13)19(22)12-24-20(23)18-11-15-7-3-5-9-17(15)25-18/h2-9,11,13H,10,12H2,1H3/t13-/m1/s1. The lowest BCUT2D eigenvalue weighted by molar-refractivity contribution is -0.122. The molecule has 0 saturated carbocycles. The maximum Gasteiger partial charge on any atom is 0.348 e. The molecule has 4 nitrogen and oxygen atoms in total. The zero-order chi connectivity index (χ0) is 17.4. The van der Waals surface area contributed by atoms with Gasteiger partial charge in [0.05, 0.1) is 0 Å². The molecule has 1 atom stereocenters. The smallest absolute Gasteiger partial charge is 0.348 e. The number of nitrogens with zero attached hydrogens (tertiary/aromatic N) is 1. The van der Waals surface area contributed by atoms with Gasteiger partial charge in [0.1, 0.15) is 4.88 Å². The summed E-state index contributed by atoms with van der Waals surface area (Å²) in [5.41, 5.74) is 2.07. The Morgan fingerprint density at radius 1 is 1.16 bits per heavy atom. The fraction of sp³-hybridized carbons (Fsp3) is 0.200. The van der Waals surface area contributed by atoms with Crippen LogP contribution >= 0.6 is 11.3 Å². The Kier molecular flexibility index (Phi) is 4.01.